The van der Waals surface area contributed by atoms with Crippen LogP contribution in [0.4, 0.5) is 5.13 Å². The summed E-state index contributed by atoms with van der Waals surface area (Å²) in [6.45, 7) is 4.14. The monoisotopic (exact) mass is 248 g/mol. The normalized spacial score (nSPS) is 10.4. The number of thiazole rings is 1. The van der Waals surface area contributed by atoms with E-state index in [2.05, 4.69) is 22.4 Å². The summed E-state index contributed by atoms with van der Waals surface area (Å²) in [7, 11) is 0. The Balaban J connectivity index is 1.61. The maximum absolute atomic E-state index is 5.56. The molecule has 0 radical (unpaired) electrons. The van der Waals surface area contributed by atoms with Gasteiger partial charge in [0, 0.05) is 11.9 Å². The first-order chi connectivity index (χ1) is 8.34. The molecule has 0 fully saturated rings. The molecule has 1 heterocycles. The van der Waals surface area contributed by atoms with Gasteiger partial charge in [0.05, 0.1) is 18.9 Å². The fourth-order valence-electron chi connectivity index (χ4n) is 1.43. The van der Waals surface area contributed by atoms with Crippen molar-refractivity contribution >= 4 is 16.5 Å². The van der Waals surface area contributed by atoms with Crippen molar-refractivity contribution in [1.29, 1.82) is 0 Å². The molecule has 0 unspecified atom stereocenters. The Bertz CT molecular complexity index is 442. The minimum atomic E-state index is 0.666. The minimum Gasteiger partial charge on any atom is -0.375 e. The summed E-state index contributed by atoms with van der Waals surface area (Å²) in [6, 6.07) is 10.2. The second-order valence-corrected chi connectivity index (χ2v) is 4.62. The van der Waals surface area contributed by atoms with Crippen LogP contribution >= 0.6 is 11.3 Å². The molecule has 1 N–H and O–H groups in total. The molecule has 0 aliphatic heterocycles. The molecule has 0 saturated heterocycles. The highest BCUT2D eigenvalue weighted by molar-refractivity contribution is 7.13. The lowest BCUT2D eigenvalue weighted by Gasteiger charge is -2.05. The number of aromatic nitrogens is 1. The van der Waals surface area contributed by atoms with Gasteiger partial charge in [0.15, 0.2) is 5.13 Å². The van der Waals surface area contributed by atoms with Crippen LogP contribution in [0.5, 0.6) is 0 Å². The number of nitrogens with zero attached hydrogens (tertiary/aromatic N) is 1. The lowest BCUT2D eigenvalue weighted by Crippen LogP contribution is -2.09. The van der Waals surface area contributed by atoms with Crippen molar-refractivity contribution in [2.45, 2.75) is 13.5 Å². The maximum Gasteiger partial charge on any atom is 0.182 e. The van der Waals surface area contributed by atoms with Gasteiger partial charge in [0.2, 0.25) is 0 Å². The molecule has 0 amide bonds. The first-order valence-electron chi connectivity index (χ1n) is 5.62. The lowest BCUT2D eigenvalue weighted by atomic mass is 10.2. The van der Waals surface area contributed by atoms with E-state index in [0.717, 1.165) is 17.4 Å². The van der Waals surface area contributed by atoms with Crippen LogP contribution in [0.2, 0.25) is 0 Å². The van der Waals surface area contributed by atoms with Crippen molar-refractivity contribution in [3.05, 3.63) is 47.0 Å². The van der Waals surface area contributed by atoms with Gasteiger partial charge in [0.25, 0.3) is 0 Å². The summed E-state index contributed by atoms with van der Waals surface area (Å²) in [6.07, 6.45) is 0. The molecule has 2 rings (SSSR count). The third-order valence-corrected chi connectivity index (χ3v) is 3.17. The standard InChI is InChI=1S/C13H16N2OS/c1-11-10-17-13(15-11)14-7-8-16-9-12-5-3-2-4-6-12/h2-6,10H,7-9H2,1H3,(H,14,15). The van der Waals surface area contributed by atoms with Crippen LogP contribution in [-0.2, 0) is 11.3 Å². The smallest absolute Gasteiger partial charge is 0.182 e. The van der Waals surface area contributed by atoms with E-state index < -0.39 is 0 Å². The van der Waals surface area contributed by atoms with E-state index in [1.165, 1.54) is 5.56 Å². The molecule has 0 aliphatic carbocycles. The van der Waals surface area contributed by atoms with E-state index in [-0.39, 0.29) is 0 Å². The predicted octanol–water partition coefficient (Wildman–Crippen LogP) is 3.08. The summed E-state index contributed by atoms with van der Waals surface area (Å²) in [5.41, 5.74) is 2.26. The molecule has 3 nitrogen and oxygen atoms in total. The van der Waals surface area contributed by atoms with Gasteiger partial charge >= 0.3 is 0 Å². The molecule has 1 aromatic heterocycles. The van der Waals surface area contributed by atoms with Gasteiger partial charge in [-0.2, -0.15) is 0 Å². The fourth-order valence-corrected chi connectivity index (χ4v) is 2.15. The Morgan fingerprint density at radius 1 is 1.29 bits per heavy atom. The van der Waals surface area contributed by atoms with Crippen molar-refractivity contribution < 1.29 is 4.74 Å². The van der Waals surface area contributed by atoms with Gasteiger partial charge < -0.3 is 10.1 Å². The maximum atomic E-state index is 5.56. The third kappa shape index (κ3) is 4.17. The fraction of sp³-hybridized carbons (Fsp3) is 0.308. The zero-order chi connectivity index (χ0) is 11.9. The first-order valence-corrected chi connectivity index (χ1v) is 6.50. The first kappa shape index (κ1) is 12.1. The molecular formula is C13H16N2OS. The number of ether oxygens (including phenoxy) is 1. The number of rotatable bonds is 6. The number of hydrogen-bond acceptors (Lipinski definition) is 4. The highest BCUT2D eigenvalue weighted by atomic mass is 32.1. The van der Waals surface area contributed by atoms with Gasteiger partial charge in [-0.15, -0.1) is 11.3 Å². The van der Waals surface area contributed by atoms with Crippen molar-refractivity contribution in [3.8, 4) is 0 Å². The zero-order valence-corrected chi connectivity index (χ0v) is 10.7. The Kier molecular flexibility index (Phi) is 4.53. The molecule has 0 bridgehead atoms. The number of aryl methyl sites for hydroxylation is 1. The van der Waals surface area contributed by atoms with Crippen LogP contribution in [-0.4, -0.2) is 18.1 Å². The summed E-state index contributed by atoms with van der Waals surface area (Å²) in [5.74, 6) is 0. The average Bonchev–Trinajstić information content (AvgIpc) is 2.76. The van der Waals surface area contributed by atoms with E-state index in [9.17, 15) is 0 Å². The quantitative estimate of drug-likeness (QED) is 0.798. The highest BCUT2D eigenvalue weighted by Crippen LogP contribution is 2.13. The van der Waals surface area contributed by atoms with Crippen LogP contribution in [0.1, 0.15) is 11.3 Å². The molecule has 0 aliphatic rings. The van der Waals surface area contributed by atoms with E-state index >= 15 is 0 Å². The SMILES string of the molecule is Cc1csc(NCCOCc2ccccc2)n1. The van der Waals surface area contributed by atoms with E-state index in [4.69, 9.17) is 4.74 Å². The summed E-state index contributed by atoms with van der Waals surface area (Å²) in [5, 5.41) is 6.23. The summed E-state index contributed by atoms with van der Waals surface area (Å²) < 4.78 is 5.56. The van der Waals surface area contributed by atoms with Gasteiger partial charge in [-0.05, 0) is 12.5 Å². The van der Waals surface area contributed by atoms with Crippen molar-refractivity contribution in [1.82, 2.24) is 4.98 Å². The highest BCUT2D eigenvalue weighted by Gasteiger charge is 1.96. The van der Waals surface area contributed by atoms with Crippen LogP contribution in [0.3, 0.4) is 0 Å². The molecule has 0 saturated carbocycles. The molecule has 17 heavy (non-hydrogen) atoms. The van der Waals surface area contributed by atoms with E-state index in [0.29, 0.717) is 13.2 Å². The molecule has 2 aromatic rings. The number of benzene rings is 1. The predicted molar refractivity (Wildman–Crippen MR) is 71.4 cm³/mol. The van der Waals surface area contributed by atoms with E-state index in [1.54, 1.807) is 11.3 Å². The second kappa shape index (κ2) is 6.37. The molecule has 90 valence electrons. The molecule has 4 heteroatoms. The Morgan fingerprint density at radius 2 is 2.12 bits per heavy atom. The minimum absolute atomic E-state index is 0.666. The average molecular weight is 248 g/mol. The van der Waals surface area contributed by atoms with E-state index in [1.807, 2.05) is 30.5 Å². The lowest BCUT2D eigenvalue weighted by molar-refractivity contribution is 0.130. The molecule has 0 atom stereocenters. The Labute approximate surface area is 105 Å². The largest absolute Gasteiger partial charge is 0.375 e. The number of hydrogen-bond donors (Lipinski definition) is 1. The van der Waals surface area contributed by atoms with Crippen LogP contribution in [0, 0.1) is 6.92 Å². The molecular weight excluding hydrogens is 232 g/mol. The van der Waals surface area contributed by atoms with Gasteiger partial charge in [-0.3, -0.25) is 0 Å². The van der Waals surface area contributed by atoms with Crippen molar-refractivity contribution in [2.75, 3.05) is 18.5 Å². The molecule has 0 spiro atoms. The Morgan fingerprint density at radius 3 is 2.82 bits per heavy atom. The van der Waals surface area contributed by atoms with Gasteiger partial charge in [-0.1, -0.05) is 30.3 Å². The topological polar surface area (TPSA) is 34.1 Å². The van der Waals surface area contributed by atoms with Crippen LogP contribution in [0.25, 0.3) is 0 Å². The third-order valence-electron chi connectivity index (χ3n) is 2.25. The van der Waals surface area contributed by atoms with Crippen molar-refractivity contribution in [2.24, 2.45) is 0 Å². The van der Waals surface area contributed by atoms with Gasteiger partial charge in [0.1, 0.15) is 0 Å². The zero-order valence-electron chi connectivity index (χ0n) is 9.85. The van der Waals surface area contributed by atoms with Crippen LogP contribution in [0.15, 0.2) is 35.7 Å². The molecule has 1 aromatic carbocycles. The van der Waals surface area contributed by atoms with Gasteiger partial charge in [-0.25, -0.2) is 4.98 Å². The summed E-state index contributed by atoms with van der Waals surface area (Å²) >= 11 is 1.63. The summed E-state index contributed by atoms with van der Waals surface area (Å²) in [4.78, 5) is 4.32. The number of nitrogens with one attached hydrogen (secondary N) is 1. The Hall–Kier alpha value is -1.39. The van der Waals surface area contributed by atoms with Crippen molar-refractivity contribution in [3.63, 3.8) is 0 Å². The number of anilines is 1. The van der Waals surface area contributed by atoms with Crippen LogP contribution < -0.4 is 5.32 Å². The second-order valence-electron chi connectivity index (χ2n) is 3.76.